The van der Waals surface area contributed by atoms with Crippen LogP contribution in [0.2, 0.25) is 0 Å². The average Bonchev–Trinajstić information content (AvgIpc) is 2.48. The molecular weight excluding hydrogens is 236 g/mol. The fourth-order valence-electron chi connectivity index (χ4n) is 3.74. The van der Waals surface area contributed by atoms with Crippen LogP contribution in [0, 0.1) is 5.92 Å². The largest absolute Gasteiger partial charge is 0.382 e. The Morgan fingerprint density at radius 1 is 1.11 bits per heavy atom. The molecule has 2 N–H and O–H groups in total. The van der Waals surface area contributed by atoms with E-state index in [4.69, 9.17) is 4.74 Å². The third-order valence-electron chi connectivity index (χ3n) is 4.76. The van der Waals surface area contributed by atoms with Gasteiger partial charge in [0.15, 0.2) is 0 Å². The lowest BCUT2D eigenvalue weighted by Gasteiger charge is -2.40. The molecule has 1 saturated heterocycles. The van der Waals surface area contributed by atoms with E-state index in [1.54, 1.807) is 0 Å². The molecule has 112 valence electrons. The van der Waals surface area contributed by atoms with E-state index >= 15 is 0 Å². The van der Waals surface area contributed by atoms with Gasteiger partial charge in [-0.1, -0.05) is 19.3 Å². The smallest absolute Gasteiger partial charge is 0.0477 e. The van der Waals surface area contributed by atoms with E-state index < -0.39 is 0 Å². The van der Waals surface area contributed by atoms with Crippen molar-refractivity contribution in [3.8, 4) is 0 Å². The molecule has 0 amide bonds. The van der Waals surface area contributed by atoms with Crippen LogP contribution in [0.15, 0.2) is 0 Å². The Hall–Kier alpha value is -0.120. The summed E-state index contributed by atoms with van der Waals surface area (Å²) in [7, 11) is 0. The lowest BCUT2D eigenvalue weighted by atomic mass is 9.77. The Bertz CT molecular complexity index is 229. The standard InChI is InChI=1S/C16H32N2O/c1-2-19-13-7-12-18-15-9-4-3-8-14(15)16-10-5-6-11-17-16/h14-18H,2-13H2,1H3. The van der Waals surface area contributed by atoms with E-state index in [2.05, 4.69) is 17.6 Å². The van der Waals surface area contributed by atoms with Crippen LogP contribution in [0.4, 0.5) is 0 Å². The second kappa shape index (κ2) is 8.93. The predicted octanol–water partition coefficient (Wildman–Crippen LogP) is 2.70. The van der Waals surface area contributed by atoms with Crippen LogP contribution in [0.1, 0.15) is 58.3 Å². The molecule has 1 heterocycles. The van der Waals surface area contributed by atoms with Gasteiger partial charge in [-0.3, -0.25) is 0 Å². The van der Waals surface area contributed by atoms with Crippen molar-refractivity contribution in [3.05, 3.63) is 0 Å². The van der Waals surface area contributed by atoms with Gasteiger partial charge in [0.25, 0.3) is 0 Å². The lowest BCUT2D eigenvalue weighted by Crippen LogP contribution is -2.50. The van der Waals surface area contributed by atoms with E-state index in [-0.39, 0.29) is 0 Å². The summed E-state index contributed by atoms with van der Waals surface area (Å²) in [5.74, 6) is 0.862. The number of nitrogens with one attached hydrogen (secondary N) is 2. The normalized spacial score (nSPS) is 32.4. The average molecular weight is 268 g/mol. The second-order valence-corrected chi connectivity index (χ2v) is 6.12. The molecule has 0 spiro atoms. The van der Waals surface area contributed by atoms with Gasteiger partial charge in [0.2, 0.25) is 0 Å². The van der Waals surface area contributed by atoms with Gasteiger partial charge in [0, 0.05) is 25.3 Å². The number of hydrogen-bond acceptors (Lipinski definition) is 3. The van der Waals surface area contributed by atoms with Crippen molar-refractivity contribution < 1.29 is 4.74 Å². The fourth-order valence-corrected chi connectivity index (χ4v) is 3.74. The summed E-state index contributed by atoms with van der Waals surface area (Å²) in [5.41, 5.74) is 0. The molecule has 3 nitrogen and oxygen atoms in total. The van der Waals surface area contributed by atoms with E-state index in [0.717, 1.165) is 44.2 Å². The molecule has 1 aliphatic heterocycles. The molecule has 1 saturated carbocycles. The van der Waals surface area contributed by atoms with Crippen LogP contribution in [-0.4, -0.2) is 38.4 Å². The highest BCUT2D eigenvalue weighted by atomic mass is 16.5. The highest BCUT2D eigenvalue weighted by molar-refractivity contribution is 4.90. The Morgan fingerprint density at radius 3 is 2.74 bits per heavy atom. The summed E-state index contributed by atoms with van der Waals surface area (Å²) in [5, 5.41) is 7.57. The third-order valence-corrected chi connectivity index (χ3v) is 4.76. The van der Waals surface area contributed by atoms with Crippen LogP contribution in [0.25, 0.3) is 0 Å². The maximum Gasteiger partial charge on any atom is 0.0477 e. The minimum absolute atomic E-state index is 0.742. The van der Waals surface area contributed by atoms with Crippen LogP contribution in [0.5, 0.6) is 0 Å². The van der Waals surface area contributed by atoms with Gasteiger partial charge in [0.05, 0.1) is 0 Å². The zero-order valence-corrected chi connectivity index (χ0v) is 12.6. The molecule has 0 aromatic heterocycles. The molecule has 2 fully saturated rings. The zero-order valence-electron chi connectivity index (χ0n) is 12.6. The summed E-state index contributed by atoms with van der Waals surface area (Å²) in [6.45, 7) is 6.17. The van der Waals surface area contributed by atoms with Crippen molar-refractivity contribution in [2.45, 2.75) is 70.4 Å². The maximum absolute atomic E-state index is 5.41. The van der Waals surface area contributed by atoms with Crippen molar-refractivity contribution in [1.82, 2.24) is 10.6 Å². The second-order valence-electron chi connectivity index (χ2n) is 6.12. The van der Waals surface area contributed by atoms with Crippen molar-refractivity contribution in [2.24, 2.45) is 5.92 Å². The van der Waals surface area contributed by atoms with E-state index in [1.807, 2.05) is 0 Å². The summed E-state index contributed by atoms with van der Waals surface area (Å²) >= 11 is 0. The molecule has 1 aliphatic carbocycles. The Balaban J connectivity index is 1.72. The highest BCUT2D eigenvalue weighted by Gasteiger charge is 2.31. The van der Waals surface area contributed by atoms with E-state index in [0.29, 0.717) is 0 Å². The van der Waals surface area contributed by atoms with Crippen LogP contribution >= 0.6 is 0 Å². The summed E-state index contributed by atoms with van der Waals surface area (Å²) in [6.07, 6.45) is 11.0. The van der Waals surface area contributed by atoms with Gasteiger partial charge in [0.1, 0.15) is 0 Å². The number of ether oxygens (including phenoxy) is 1. The summed E-state index contributed by atoms with van der Waals surface area (Å²) in [4.78, 5) is 0. The van der Waals surface area contributed by atoms with Crippen molar-refractivity contribution in [2.75, 3.05) is 26.3 Å². The molecule has 3 atom stereocenters. The first-order valence-electron chi connectivity index (χ1n) is 8.46. The quantitative estimate of drug-likeness (QED) is 0.697. The number of piperidine rings is 1. The molecule has 0 aromatic rings. The molecule has 0 radical (unpaired) electrons. The summed E-state index contributed by atoms with van der Waals surface area (Å²) < 4.78 is 5.41. The highest BCUT2D eigenvalue weighted by Crippen LogP contribution is 2.30. The first-order chi connectivity index (χ1) is 9.42. The van der Waals surface area contributed by atoms with E-state index in [9.17, 15) is 0 Å². The number of rotatable bonds is 7. The lowest BCUT2D eigenvalue weighted by molar-refractivity contribution is 0.138. The monoisotopic (exact) mass is 268 g/mol. The fraction of sp³-hybridized carbons (Fsp3) is 1.00. The van der Waals surface area contributed by atoms with Crippen molar-refractivity contribution in [3.63, 3.8) is 0 Å². The number of hydrogen-bond donors (Lipinski definition) is 2. The molecule has 3 heteroatoms. The van der Waals surface area contributed by atoms with Crippen molar-refractivity contribution in [1.29, 1.82) is 0 Å². The SMILES string of the molecule is CCOCCCNC1CCCCC1C1CCCCN1. The van der Waals surface area contributed by atoms with Crippen LogP contribution in [0.3, 0.4) is 0 Å². The van der Waals surface area contributed by atoms with Gasteiger partial charge < -0.3 is 15.4 Å². The van der Waals surface area contributed by atoms with Gasteiger partial charge in [-0.25, -0.2) is 0 Å². The van der Waals surface area contributed by atoms with Crippen molar-refractivity contribution >= 4 is 0 Å². The predicted molar refractivity (Wildman–Crippen MR) is 80.5 cm³/mol. The van der Waals surface area contributed by atoms with Crippen LogP contribution < -0.4 is 10.6 Å². The Labute approximate surface area is 118 Å². The topological polar surface area (TPSA) is 33.3 Å². The van der Waals surface area contributed by atoms with Crippen LogP contribution in [-0.2, 0) is 4.74 Å². The van der Waals surface area contributed by atoms with Gasteiger partial charge >= 0.3 is 0 Å². The van der Waals surface area contributed by atoms with Gasteiger partial charge in [-0.2, -0.15) is 0 Å². The molecule has 2 aliphatic rings. The first kappa shape index (κ1) is 15.3. The minimum atomic E-state index is 0.742. The molecule has 3 unspecified atom stereocenters. The Morgan fingerprint density at radius 2 is 1.95 bits per heavy atom. The maximum atomic E-state index is 5.41. The third kappa shape index (κ3) is 5.05. The Kier molecular flexibility index (Phi) is 7.18. The molecule has 19 heavy (non-hydrogen) atoms. The minimum Gasteiger partial charge on any atom is -0.382 e. The molecular formula is C16H32N2O. The van der Waals surface area contributed by atoms with Gasteiger partial charge in [-0.05, 0) is 58.0 Å². The van der Waals surface area contributed by atoms with Gasteiger partial charge in [-0.15, -0.1) is 0 Å². The first-order valence-corrected chi connectivity index (χ1v) is 8.46. The molecule has 2 rings (SSSR count). The summed E-state index contributed by atoms with van der Waals surface area (Å²) in [6, 6.07) is 1.52. The van der Waals surface area contributed by atoms with E-state index in [1.165, 1.54) is 51.5 Å². The zero-order chi connectivity index (χ0) is 13.3. The molecule has 0 bridgehead atoms. The molecule has 0 aromatic carbocycles.